The second-order valence-electron chi connectivity index (χ2n) is 7.74. The van der Waals surface area contributed by atoms with Gasteiger partial charge in [0.15, 0.2) is 17.3 Å². The van der Waals surface area contributed by atoms with Crippen molar-refractivity contribution >= 4 is 17.2 Å². The molecule has 4 rings (SSSR count). The third-order valence-electron chi connectivity index (χ3n) is 5.93. The number of rotatable bonds is 5. The lowest BCUT2D eigenvalue weighted by atomic mass is 9.82. The lowest BCUT2D eigenvalue weighted by Crippen LogP contribution is -2.45. The molecule has 0 unspecified atom stereocenters. The molecule has 0 amide bonds. The molecule has 7 nitrogen and oxygen atoms in total. The van der Waals surface area contributed by atoms with Crippen molar-refractivity contribution in [3.63, 3.8) is 0 Å². The first-order valence-corrected chi connectivity index (χ1v) is 11.2. The Kier molecular flexibility index (Phi) is 6.09. The van der Waals surface area contributed by atoms with Gasteiger partial charge in [-0.2, -0.15) is 5.26 Å². The molecule has 1 aliphatic rings. The van der Waals surface area contributed by atoms with E-state index in [0.717, 1.165) is 25.7 Å². The summed E-state index contributed by atoms with van der Waals surface area (Å²) in [5, 5.41) is 30.1. The second kappa shape index (κ2) is 8.94. The molecule has 9 heteroatoms. The van der Waals surface area contributed by atoms with E-state index in [0.29, 0.717) is 27.6 Å². The number of aromatic hydroxyl groups is 1. The van der Waals surface area contributed by atoms with Gasteiger partial charge in [0.05, 0.1) is 17.8 Å². The highest BCUT2D eigenvalue weighted by Gasteiger charge is 2.35. The molecule has 3 atom stereocenters. The van der Waals surface area contributed by atoms with Crippen LogP contribution in [0.15, 0.2) is 29.8 Å². The molecule has 0 bridgehead atoms. The number of phenolic OH excluding ortho intramolecular Hbond substituents is 1. The molecule has 1 aliphatic carbocycles. The zero-order valence-corrected chi connectivity index (χ0v) is 18.2. The fourth-order valence-corrected chi connectivity index (χ4v) is 4.84. The number of hydrogen-bond donors (Lipinski definition) is 1. The first kappa shape index (κ1) is 21.1. The van der Waals surface area contributed by atoms with Crippen LogP contribution < -0.4 is 4.90 Å². The fourth-order valence-electron chi connectivity index (χ4n) is 4.09. The first-order chi connectivity index (χ1) is 15.0. The van der Waals surface area contributed by atoms with Crippen LogP contribution in [0.1, 0.15) is 38.3 Å². The van der Waals surface area contributed by atoms with Gasteiger partial charge in [-0.05, 0) is 30.9 Å². The van der Waals surface area contributed by atoms with Gasteiger partial charge in [-0.15, -0.1) is 21.5 Å². The lowest BCUT2D eigenvalue weighted by molar-refractivity contribution is 0.134. The summed E-state index contributed by atoms with van der Waals surface area (Å²) in [6.45, 7) is 2.03. The van der Waals surface area contributed by atoms with Crippen LogP contribution in [0.2, 0.25) is 0 Å². The van der Waals surface area contributed by atoms with Crippen molar-refractivity contribution in [1.82, 2.24) is 20.2 Å². The predicted octanol–water partition coefficient (Wildman–Crippen LogP) is 4.59. The van der Waals surface area contributed by atoms with Crippen molar-refractivity contribution < 1.29 is 9.50 Å². The second-order valence-corrected chi connectivity index (χ2v) is 8.60. The Morgan fingerprint density at radius 1 is 1.32 bits per heavy atom. The summed E-state index contributed by atoms with van der Waals surface area (Å²) in [5.74, 6) is 0.871. The number of nitriles is 1. The standard InChI is InChI=1S/C22H23FN6OS/c1-3-13-5-4-6-17(20(13)23)29(2)19-11-25-21(28-27-19)16-8-7-14(9-18(16)30)22-26-15(10-24)12-31-22/h7-9,11-13,17,20,30H,3-6H2,1-2H3/t13-,17+,20-/m1/s1. The molecule has 1 aromatic carbocycles. The van der Waals surface area contributed by atoms with Crippen LogP contribution in [0, 0.1) is 17.2 Å². The third-order valence-corrected chi connectivity index (χ3v) is 6.82. The van der Waals surface area contributed by atoms with Gasteiger partial charge in [0.1, 0.15) is 23.0 Å². The van der Waals surface area contributed by atoms with Crippen molar-refractivity contribution in [3.05, 3.63) is 35.5 Å². The molecule has 2 aromatic heterocycles. The molecule has 1 saturated carbocycles. The van der Waals surface area contributed by atoms with Gasteiger partial charge >= 0.3 is 0 Å². The molecule has 0 spiro atoms. The monoisotopic (exact) mass is 438 g/mol. The smallest absolute Gasteiger partial charge is 0.185 e. The number of anilines is 1. The number of thiazole rings is 1. The molecular weight excluding hydrogens is 415 g/mol. The summed E-state index contributed by atoms with van der Waals surface area (Å²) >= 11 is 1.33. The van der Waals surface area contributed by atoms with Crippen molar-refractivity contribution in [3.8, 4) is 33.8 Å². The third kappa shape index (κ3) is 4.21. The Labute approximate surface area is 184 Å². The molecule has 0 radical (unpaired) electrons. The van der Waals surface area contributed by atoms with E-state index in [1.165, 1.54) is 11.3 Å². The molecule has 3 aromatic rings. The lowest BCUT2D eigenvalue weighted by Gasteiger charge is -2.38. The predicted molar refractivity (Wildman–Crippen MR) is 117 cm³/mol. The van der Waals surface area contributed by atoms with E-state index in [1.54, 1.807) is 29.8 Å². The van der Waals surface area contributed by atoms with Gasteiger partial charge in [-0.1, -0.05) is 25.8 Å². The largest absolute Gasteiger partial charge is 0.507 e. The van der Waals surface area contributed by atoms with Crippen molar-refractivity contribution in [2.75, 3.05) is 11.9 Å². The van der Waals surface area contributed by atoms with Crippen LogP contribution in [0.5, 0.6) is 5.75 Å². The highest BCUT2D eigenvalue weighted by atomic mass is 32.1. The number of aromatic nitrogens is 4. The average molecular weight is 439 g/mol. The van der Waals surface area contributed by atoms with Gasteiger partial charge in [-0.3, -0.25) is 0 Å². The summed E-state index contributed by atoms with van der Waals surface area (Å²) in [6, 6.07) is 6.82. The van der Waals surface area contributed by atoms with Gasteiger partial charge in [-0.25, -0.2) is 14.4 Å². The van der Waals surface area contributed by atoms with E-state index < -0.39 is 6.17 Å². The highest BCUT2D eigenvalue weighted by molar-refractivity contribution is 7.13. The number of nitrogens with zero attached hydrogens (tertiary/aromatic N) is 6. The first-order valence-electron chi connectivity index (χ1n) is 10.3. The molecular formula is C22H23FN6OS. The molecule has 0 saturated heterocycles. The molecule has 160 valence electrons. The van der Waals surface area contributed by atoms with E-state index in [1.807, 2.05) is 24.9 Å². The van der Waals surface area contributed by atoms with E-state index in [4.69, 9.17) is 5.26 Å². The maximum absolute atomic E-state index is 14.9. The Balaban J connectivity index is 1.53. The highest BCUT2D eigenvalue weighted by Crippen LogP contribution is 2.35. The minimum absolute atomic E-state index is 0.00370. The zero-order valence-electron chi connectivity index (χ0n) is 17.4. The number of benzene rings is 1. The summed E-state index contributed by atoms with van der Waals surface area (Å²) in [7, 11) is 1.83. The molecule has 31 heavy (non-hydrogen) atoms. The normalized spacial score (nSPS) is 20.9. The summed E-state index contributed by atoms with van der Waals surface area (Å²) in [6.07, 6.45) is 4.22. The molecule has 2 heterocycles. The quantitative estimate of drug-likeness (QED) is 0.622. The van der Waals surface area contributed by atoms with Crippen LogP contribution in [-0.4, -0.2) is 44.5 Å². The van der Waals surface area contributed by atoms with Crippen LogP contribution in [0.25, 0.3) is 22.0 Å². The topological polar surface area (TPSA) is 98.8 Å². The van der Waals surface area contributed by atoms with Crippen molar-refractivity contribution in [2.24, 2.45) is 5.92 Å². The van der Waals surface area contributed by atoms with Gasteiger partial charge in [0.2, 0.25) is 0 Å². The van der Waals surface area contributed by atoms with Gasteiger partial charge < -0.3 is 10.0 Å². The average Bonchev–Trinajstić information content (AvgIpc) is 3.28. The van der Waals surface area contributed by atoms with E-state index in [2.05, 4.69) is 20.2 Å². The van der Waals surface area contributed by atoms with Gasteiger partial charge in [0, 0.05) is 18.0 Å². The summed E-state index contributed by atoms with van der Waals surface area (Å²) in [5.41, 5.74) is 1.48. The number of phenols is 1. The minimum atomic E-state index is -0.894. The van der Waals surface area contributed by atoms with Crippen LogP contribution in [0.3, 0.4) is 0 Å². The maximum Gasteiger partial charge on any atom is 0.185 e. The van der Waals surface area contributed by atoms with Crippen LogP contribution >= 0.6 is 11.3 Å². The van der Waals surface area contributed by atoms with E-state index in [9.17, 15) is 9.50 Å². The SMILES string of the molecule is CC[C@@H]1CCC[C@H](N(C)c2cnc(-c3ccc(-c4nc(C#N)cs4)cc3O)nn2)[C@@H]1F. The maximum atomic E-state index is 14.9. The molecule has 1 fully saturated rings. The van der Waals surface area contributed by atoms with Crippen LogP contribution in [-0.2, 0) is 0 Å². The number of hydrogen-bond acceptors (Lipinski definition) is 8. The Morgan fingerprint density at radius 3 is 2.81 bits per heavy atom. The van der Waals surface area contributed by atoms with Gasteiger partial charge in [0.25, 0.3) is 0 Å². The van der Waals surface area contributed by atoms with E-state index in [-0.39, 0.29) is 23.5 Å². The van der Waals surface area contributed by atoms with Crippen molar-refractivity contribution in [1.29, 1.82) is 5.26 Å². The van der Waals surface area contributed by atoms with Crippen LogP contribution in [0.4, 0.5) is 10.2 Å². The Bertz CT molecular complexity index is 1100. The Morgan fingerprint density at radius 2 is 2.16 bits per heavy atom. The molecule has 1 N–H and O–H groups in total. The minimum Gasteiger partial charge on any atom is -0.507 e. The zero-order chi connectivity index (χ0) is 22.0. The number of halogens is 1. The molecule has 0 aliphatic heterocycles. The number of alkyl halides is 1. The summed E-state index contributed by atoms with van der Waals surface area (Å²) in [4.78, 5) is 10.4. The fraction of sp³-hybridized carbons (Fsp3) is 0.409. The van der Waals surface area contributed by atoms with E-state index >= 15 is 0 Å². The van der Waals surface area contributed by atoms with Crippen molar-refractivity contribution in [2.45, 2.75) is 44.8 Å². The summed E-state index contributed by atoms with van der Waals surface area (Å²) < 4.78 is 14.9. The Hall–Kier alpha value is -3.12.